The lowest BCUT2D eigenvalue weighted by Gasteiger charge is -2.07. The van der Waals surface area contributed by atoms with Crippen LogP contribution in [0.4, 0.5) is 4.39 Å². The number of aromatic nitrogens is 3. The minimum absolute atomic E-state index is 0.00180. The highest BCUT2D eigenvalue weighted by Gasteiger charge is 2.15. The highest BCUT2D eigenvalue weighted by Crippen LogP contribution is 2.27. The van der Waals surface area contributed by atoms with Crippen molar-refractivity contribution < 1.29 is 19.0 Å². The number of amides is 1. The van der Waals surface area contributed by atoms with Crippen molar-refractivity contribution in [2.24, 2.45) is 15.8 Å². The van der Waals surface area contributed by atoms with Crippen LogP contribution in [0.5, 0.6) is 5.75 Å². The molecule has 0 aliphatic rings. The van der Waals surface area contributed by atoms with Crippen molar-refractivity contribution >= 4 is 35.1 Å². The van der Waals surface area contributed by atoms with Crippen LogP contribution in [-0.2, 0) is 11.3 Å². The molecule has 2 heterocycles. The lowest BCUT2D eigenvalue weighted by atomic mass is 10.1. The van der Waals surface area contributed by atoms with Gasteiger partial charge in [0.05, 0.1) is 48.4 Å². The second-order valence-corrected chi connectivity index (χ2v) is 9.20. The molecule has 0 saturated heterocycles. The Kier molecular flexibility index (Phi) is 8.17. The number of methoxy groups -OCH3 is 1. The molecule has 192 valence electrons. The van der Waals surface area contributed by atoms with Gasteiger partial charge in [-0.3, -0.25) is 9.79 Å². The van der Waals surface area contributed by atoms with E-state index in [2.05, 4.69) is 15.2 Å². The molecular formula is C25H24ClFN6O3S. The van der Waals surface area contributed by atoms with E-state index >= 15 is 0 Å². The fraction of sp³-hybridized carbons (Fsp3) is 0.200. The minimum atomic E-state index is -0.745. The fourth-order valence-electron chi connectivity index (χ4n) is 3.54. The smallest absolute Gasteiger partial charge is 0.252 e. The van der Waals surface area contributed by atoms with Gasteiger partial charge >= 0.3 is 0 Å². The number of nitrogens with two attached hydrogens (primary N) is 1. The molecule has 0 radical (unpaired) electrons. The van der Waals surface area contributed by atoms with Gasteiger partial charge in [-0.15, -0.1) is 11.3 Å². The molecule has 12 heteroatoms. The molecule has 2 aromatic carbocycles. The SMILES string of the molecule is COCCN=c1scc(-c2ccc(O)c(C(N)=O)c2)n1/N=C/c1c(C)nn(Cc2ccc(F)cc2)c1Cl. The first-order valence-corrected chi connectivity index (χ1v) is 12.4. The van der Waals surface area contributed by atoms with Crippen molar-refractivity contribution in [1.29, 1.82) is 0 Å². The lowest BCUT2D eigenvalue weighted by molar-refractivity contribution is 0.0998. The van der Waals surface area contributed by atoms with Gasteiger partial charge in [0.1, 0.15) is 16.7 Å². The van der Waals surface area contributed by atoms with Crippen LogP contribution < -0.4 is 10.5 Å². The summed E-state index contributed by atoms with van der Waals surface area (Å²) in [5.74, 6) is -1.26. The molecule has 3 N–H and O–H groups in total. The van der Waals surface area contributed by atoms with E-state index in [1.807, 2.05) is 12.3 Å². The highest BCUT2D eigenvalue weighted by atomic mass is 35.5. The van der Waals surface area contributed by atoms with Crippen LogP contribution in [0.2, 0.25) is 5.15 Å². The quantitative estimate of drug-likeness (QED) is 0.247. The van der Waals surface area contributed by atoms with Crippen LogP contribution in [0.3, 0.4) is 0 Å². The number of aromatic hydroxyl groups is 1. The maximum Gasteiger partial charge on any atom is 0.252 e. The Morgan fingerprint density at radius 2 is 2.05 bits per heavy atom. The first-order chi connectivity index (χ1) is 17.8. The van der Waals surface area contributed by atoms with Crippen molar-refractivity contribution in [3.63, 3.8) is 0 Å². The molecular weight excluding hydrogens is 519 g/mol. The van der Waals surface area contributed by atoms with Crippen molar-refractivity contribution in [3.05, 3.63) is 86.0 Å². The number of carbonyl (C=O) groups is 1. The predicted octanol–water partition coefficient (Wildman–Crippen LogP) is 3.80. The first kappa shape index (κ1) is 26.3. The third-order valence-corrected chi connectivity index (χ3v) is 6.70. The molecule has 9 nitrogen and oxygen atoms in total. The van der Waals surface area contributed by atoms with Crippen LogP contribution >= 0.6 is 22.9 Å². The Bertz CT molecular complexity index is 1520. The summed E-state index contributed by atoms with van der Waals surface area (Å²) in [7, 11) is 1.59. The van der Waals surface area contributed by atoms with Gasteiger partial charge in [-0.2, -0.15) is 10.2 Å². The maximum atomic E-state index is 13.3. The van der Waals surface area contributed by atoms with E-state index in [-0.39, 0.29) is 17.1 Å². The summed E-state index contributed by atoms with van der Waals surface area (Å²) in [6, 6.07) is 10.7. The van der Waals surface area contributed by atoms with Crippen LogP contribution in [-0.4, -0.2) is 51.9 Å². The zero-order valence-corrected chi connectivity index (χ0v) is 21.6. The van der Waals surface area contributed by atoms with E-state index in [4.69, 9.17) is 22.1 Å². The molecule has 0 bridgehead atoms. The van der Waals surface area contributed by atoms with Gasteiger partial charge in [0.15, 0.2) is 0 Å². The van der Waals surface area contributed by atoms with Crippen LogP contribution in [0.1, 0.15) is 27.2 Å². The van der Waals surface area contributed by atoms with E-state index in [0.29, 0.717) is 52.2 Å². The highest BCUT2D eigenvalue weighted by molar-refractivity contribution is 7.07. The Hall–Kier alpha value is -3.80. The van der Waals surface area contributed by atoms with E-state index in [9.17, 15) is 14.3 Å². The first-order valence-electron chi connectivity index (χ1n) is 11.1. The Labute approximate surface area is 220 Å². The number of nitrogens with zero attached hydrogens (tertiary/aromatic N) is 5. The fourth-order valence-corrected chi connectivity index (χ4v) is 4.69. The van der Waals surface area contributed by atoms with Crippen molar-refractivity contribution in [3.8, 4) is 17.0 Å². The molecule has 0 atom stereocenters. The summed E-state index contributed by atoms with van der Waals surface area (Å²) in [5, 5.41) is 21.4. The summed E-state index contributed by atoms with van der Waals surface area (Å²) in [6.07, 6.45) is 1.59. The standard InChI is InChI=1S/C25H24ClFN6O3S/c1-15-20(23(26)32(31-15)13-16-3-6-18(27)7-4-16)12-30-33-21(14-37-25(33)29-9-10-36-2)17-5-8-22(34)19(11-17)24(28)35/h3-8,11-12,14,34H,9-10,13H2,1-2H3,(H2,28,35)/b29-25?,30-12+. The number of phenols is 1. The number of carbonyl (C=O) groups excluding carboxylic acids is 1. The number of rotatable bonds is 9. The normalized spacial score (nSPS) is 12.1. The van der Waals surface area contributed by atoms with Crippen LogP contribution in [0, 0.1) is 12.7 Å². The molecule has 0 spiro atoms. The maximum absolute atomic E-state index is 13.3. The molecule has 0 saturated carbocycles. The zero-order valence-electron chi connectivity index (χ0n) is 20.1. The number of aryl methyl sites for hydroxylation is 1. The molecule has 0 unspecified atom stereocenters. The number of benzene rings is 2. The van der Waals surface area contributed by atoms with Gasteiger partial charge < -0.3 is 15.6 Å². The van der Waals surface area contributed by atoms with E-state index < -0.39 is 5.91 Å². The summed E-state index contributed by atoms with van der Waals surface area (Å²) < 4.78 is 21.6. The third kappa shape index (κ3) is 5.96. The molecule has 0 fully saturated rings. The summed E-state index contributed by atoms with van der Waals surface area (Å²) in [5.41, 5.74) is 8.77. The summed E-state index contributed by atoms with van der Waals surface area (Å²) in [6.45, 7) is 3.04. The average Bonchev–Trinajstić information content (AvgIpc) is 3.39. The van der Waals surface area contributed by atoms with Gasteiger partial charge in [0, 0.05) is 18.1 Å². The van der Waals surface area contributed by atoms with Gasteiger partial charge in [0.2, 0.25) is 4.80 Å². The Balaban J connectivity index is 1.74. The topological polar surface area (TPSA) is 120 Å². The number of halogens is 2. The molecule has 0 aliphatic heterocycles. The third-order valence-electron chi connectivity index (χ3n) is 5.44. The number of thiazole rings is 1. The van der Waals surface area contributed by atoms with Gasteiger partial charge in [0.25, 0.3) is 5.91 Å². The van der Waals surface area contributed by atoms with E-state index in [1.54, 1.807) is 40.9 Å². The van der Waals surface area contributed by atoms with E-state index in [0.717, 1.165) is 5.56 Å². The van der Waals surface area contributed by atoms with Crippen molar-refractivity contribution in [2.75, 3.05) is 20.3 Å². The Morgan fingerprint density at radius 1 is 1.30 bits per heavy atom. The molecule has 0 aliphatic carbocycles. The van der Waals surface area contributed by atoms with Crippen LogP contribution in [0.15, 0.2) is 57.9 Å². The number of ether oxygens (including phenoxy) is 1. The summed E-state index contributed by atoms with van der Waals surface area (Å²) >= 11 is 7.99. The zero-order chi connectivity index (χ0) is 26.5. The molecule has 2 aromatic heterocycles. The number of hydrogen-bond acceptors (Lipinski definition) is 7. The monoisotopic (exact) mass is 542 g/mol. The van der Waals surface area contributed by atoms with Gasteiger partial charge in [-0.05, 0) is 42.8 Å². The van der Waals surface area contributed by atoms with E-state index in [1.165, 1.54) is 35.6 Å². The molecule has 1 amide bonds. The van der Waals surface area contributed by atoms with Gasteiger partial charge in [-0.1, -0.05) is 23.7 Å². The lowest BCUT2D eigenvalue weighted by Crippen LogP contribution is -2.14. The number of hydrogen-bond donors (Lipinski definition) is 2. The Morgan fingerprint density at radius 3 is 2.76 bits per heavy atom. The average molecular weight is 543 g/mol. The van der Waals surface area contributed by atoms with Crippen molar-refractivity contribution in [2.45, 2.75) is 13.5 Å². The second-order valence-electron chi connectivity index (χ2n) is 8.00. The van der Waals surface area contributed by atoms with Crippen molar-refractivity contribution in [1.82, 2.24) is 14.5 Å². The molecule has 4 aromatic rings. The number of primary amides is 1. The molecule has 37 heavy (non-hydrogen) atoms. The van der Waals surface area contributed by atoms with Crippen LogP contribution in [0.25, 0.3) is 11.3 Å². The largest absolute Gasteiger partial charge is 0.507 e. The van der Waals surface area contributed by atoms with Gasteiger partial charge in [-0.25, -0.2) is 13.7 Å². The summed E-state index contributed by atoms with van der Waals surface area (Å²) in [4.78, 5) is 16.9. The minimum Gasteiger partial charge on any atom is -0.507 e. The predicted molar refractivity (Wildman–Crippen MR) is 141 cm³/mol. The second kappa shape index (κ2) is 11.5. The molecule has 4 rings (SSSR count).